The number of aliphatic hydroxyl groups is 4. The number of amides is 2. The molecule has 1 aliphatic rings. The quantitative estimate of drug-likeness (QED) is 0.108. The summed E-state index contributed by atoms with van der Waals surface area (Å²) in [6, 6.07) is 3.33. The Hall–Kier alpha value is -0.220. The van der Waals surface area contributed by atoms with Gasteiger partial charge in [-0.1, -0.05) is 0 Å². The Bertz CT molecular complexity index is 927. The summed E-state index contributed by atoms with van der Waals surface area (Å²) in [7, 11) is 1.18. The zero-order valence-electron chi connectivity index (χ0n) is 17.1. The smallest absolute Gasteiger partial charge is 0.274 e. The van der Waals surface area contributed by atoms with Crippen LogP contribution in [0.2, 0.25) is 0 Å². The third-order valence-corrected chi connectivity index (χ3v) is 7.33. The van der Waals surface area contributed by atoms with Crippen LogP contribution in [0.5, 0.6) is 0 Å². The molecule has 0 saturated carbocycles. The predicted octanol–water partition coefficient (Wildman–Crippen LogP) is -1.000. The minimum Gasteiger partial charge on any atom is -0.394 e. The van der Waals surface area contributed by atoms with Crippen LogP contribution in [0, 0.1) is 10.7 Å². The van der Waals surface area contributed by atoms with E-state index in [4.69, 9.17) is 4.74 Å². The fraction of sp³-hybridized carbons (Fsp3) is 0.500. The Balaban J connectivity index is 2.90. The molecule has 14 heteroatoms. The monoisotopic (exact) mass is 789 g/mol. The van der Waals surface area contributed by atoms with Crippen molar-refractivity contribution in [3.05, 3.63) is 28.4 Å². The molecule has 32 heavy (non-hydrogen) atoms. The average molecular weight is 789 g/mol. The van der Waals surface area contributed by atoms with Crippen LogP contribution < -0.4 is 16.0 Å². The van der Waals surface area contributed by atoms with E-state index in [0.717, 1.165) is 17.4 Å². The number of hydrogen-bond donors (Lipinski definition) is 7. The third-order valence-electron chi connectivity index (χ3n) is 5.01. The van der Waals surface area contributed by atoms with Gasteiger partial charge < -0.3 is 35.8 Å². The van der Waals surface area contributed by atoms with E-state index < -0.39 is 53.6 Å². The van der Waals surface area contributed by atoms with Crippen LogP contribution in [0.15, 0.2) is 12.1 Å². The number of ketones is 1. The van der Waals surface area contributed by atoms with Crippen molar-refractivity contribution in [1.29, 1.82) is 0 Å². The molecule has 1 saturated heterocycles. The summed E-state index contributed by atoms with van der Waals surface area (Å²) >= 11 is 5.83. The van der Waals surface area contributed by atoms with Crippen molar-refractivity contribution in [3.63, 3.8) is 0 Å². The number of benzene rings is 1. The van der Waals surface area contributed by atoms with E-state index in [1.165, 1.54) is 7.05 Å². The molecule has 0 radical (unpaired) electrons. The number of Topliss-reactive ketones (excluding diaryl/α,β-unsaturated/α-hetero) is 1. The van der Waals surface area contributed by atoms with Gasteiger partial charge >= 0.3 is 0 Å². The fourth-order valence-corrected chi connectivity index (χ4v) is 7.79. The number of ether oxygens (including phenoxy) is 1. The molecule has 7 N–H and O–H groups in total. The van der Waals surface area contributed by atoms with Gasteiger partial charge in [0.2, 0.25) is 29.0 Å². The number of halogens is 3. The molecular weight excluding hydrogens is 767 g/mol. The highest BCUT2D eigenvalue weighted by Gasteiger charge is 2.75. The molecule has 2 rings (SSSR count). The predicted molar refractivity (Wildman–Crippen MR) is 136 cm³/mol. The van der Waals surface area contributed by atoms with E-state index in [1.807, 2.05) is 45.2 Å². The van der Waals surface area contributed by atoms with Crippen molar-refractivity contribution in [3.8, 4) is 0 Å². The Labute approximate surface area is 224 Å². The largest absolute Gasteiger partial charge is 0.394 e. The summed E-state index contributed by atoms with van der Waals surface area (Å²) < 4.78 is 7.16. The topological polar surface area (TPSA) is 177 Å². The lowest BCUT2D eigenvalue weighted by molar-refractivity contribution is -0.361. The molecule has 0 bridgehead atoms. The molecule has 0 aliphatic carbocycles. The van der Waals surface area contributed by atoms with Gasteiger partial charge in [-0.25, -0.2) is 0 Å². The van der Waals surface area contributed by atoms with Crippen LogP contribution in [0.4, 0.5) is 0 Å². The van der Waals surface area contributed by atoms with Crippen LogP contribution in [0.3, 0.4) is 0 Å². The first-order valence-electron chi connectivity index (χ1n) is 9.08. The number of nitrogens with one attached hydrogen (secondary N) is 3. The summed E-state index contributed by atoms with van der Waals surface area (Å²) in [5.74, 6) is -5.87. The van der Waals surface area contributed by atoms with Crippen molar-refractivity contribution >= 4 is 85.4 Å². The SMILES string of the molecule is CN[C@@]1(NC(C)=O)C(O)(C(=O)c2c(I)cc(I)cc2I)O[C@H](CO)[C@@H](O)[C@@]1(O)NC(C)=O. The summed E-state index contributed by atoms with van der Waals surface area (Å²) in [5, 5.41) is 50.6. The van der Waals surface area contributed by atoms with Gasteiger partial charge in [0.1, 0.15) is 12.2 Å². The Kier molecular flexibility index (Phi) is 8.91. The third kappa shape index (κ3) is 4.53. The Morgan fingerprint density at radius 3 is 1.97 bits per heavy atom. The van der Waals surface area contributed by atoms with E-state index >= 15 is 0 Å². The molecule has 1 aromatic carbocycles. The van der Waals surface area contributed by atoms with E-state index in [0.29, 0.717) is 7.14 Å². The average Bonchev–Trinajstić information content (AvgIpc) is 2.66. The molecule has 5 atom stereocenters. The second-order valence-corrected chi connectivity index (χ2v) is 10.7. The van der Waals surface area contributed by atoms with Crippen LogP contribution in [0.1, 0.15) is 24.2 Å². The fourth-order valence-electron chi connectivity index (χ4n) is 3.71. The second-order valence-electron chi connectivity index (χ2n) is 7.13. The van der Waals surface area contributed by atoms with E-state index in [2.05, 4.69) is 38.5 Å². The summed E-state index contributed by atoms with van der Waals surface area (Å²) in [5.41, 5.74) is -5.55. The lowest BCUT2D eigenvalue weighted by Crippen LogP contribution is -2.93. The minimum absolute atomic E-state index is 0.0114. The zero-order chi connectivity index (χ0) is 24.6. The van der Waals surface area contributed by atoms with E-state index in [-0.39, 0.29) is 5.56 Å². The first-order chi connectivity index (χ1) is 14.7. The molecule has 2 amide bonds. The highest BCUT2D eigenvalue weighted by atomic mass is 127. The number of rotatable bonds is 6. The first-order valence-corrected chi connectivity index (χ1v) is 12.3. The number of carbonyl (C=O) groups excluding carboxylic acids is 3. The van der Waals surface area contributed by atoms with Gasteiger partial charge in [-0.3, -0.25) is 19.7 Å². The minimum atomic E-state index is -3.09. The lowest BCUT2D eigenvalue weighted by Gasteiger charge is -2.60. The standard InChI is InChI=1S/C18H22I3N3O8/c1-7(26)23-16(30)14(28)12(6-25)32-17(31,18(16,22-3)24-8(2)27)15(29)13-10(20)4-9(19)5-11(13)21/h4-5,12,14,22,25,28,30-31H,6H2,1-3H3,(H,23,26)(H,24,27)/t12-,14-,16+,17?,18+/m1/s1. The number of hydrogen-bond acceptors (Lipinski definition) is 9. The maximum Gasteiger partial charge on any atom is 0.274 e. The molecule has 1 aromatic rings. The maximum absolute atomic E-state index is 13.8. The molecule has 1 heterocycles. The highest BCUT2D eigenvalue weighted by Crippen LogP contribution is 2.43. The molecule has 11 nitrogen and oxygen atoms in total. The molecule has 1 fully saturated rings. The van der Waals surface area contributed by atoms with Gasteiger partial charge in [0.25, 0.3) is 5.79 Å². The molecule has 0 spiro atoms. The van der Waals surface area contributed by atoms with Gasteiger partial charge in [0.05, 0.1) is 12.2 Å². The number of likely N-dealkylation sites (N-methyl/N-ethyl adjacent to an activating group) is 1. The van der Waals surface area contributed by atoms with Crippen molar-refractivity contribution in [2.75, 3.05) is 13.7 Å². The van der Waals surface area contributed by atoms with Gasteiger partial charge in [-0.05, 0) is 87.0 Å². The second kappa shape index (κ2) is 10.2. The molecule has 0 aromatic heterocycles. The lowest BCUT2D eigenvalue weighted by atomic mass is 9.75. The highest BCUT2D eigenvalue weighted by molar-refractivity contribution is 14.1. The van der Waals surface area contributed by atoms with E-state index in [1.54, 1.807) is 12.1 Å². The molecular formula is C18H22I3N3O8. The van der Waals surface area contributed by atoms with Crippen LogP contribution in [0.25, 0.3) is 0 Å². The van der Waals surface area contributed by atoms with Gasteiger partial charge in [-0.15, -0.1) is 0 Å². The molecule has 1 aliphatic heterocycles. The first kappa shape index (κ1) is 28.0. The maximum atomic E-state index is 13.8. The number of carbonyl (C=O) groups is 3. The van der Waals surface area contributed by atoms with Gasteiger partial charge in [-0.2, -0.15) is 0 Å². The summed E-state index contributed by atoms with van der Waals surface area (Å²) in [6.45, 7) is 1.13. The van der Waals surface area contributed by atoms with Crippen molar-refractivity contribution in [1.82, 2.24) is 16.0 Å². The summed E-state index contributed by atoms with van der Waals surface area (Å²) in [4.78, 5) is 37.9. The Morgan fingerprint density at radius 1 is 1.06 bits per heavy atom. The van der Waals surface area contributed by atoms with Crippen LogP contribution in [-0.4, -0.2) is 81.1 Å². The molecule has 178 valence electrons. The van der Waals surface area contributed by atoms with Crippen LogP contribution >= 0.6 is 67.8 Å². The van der Waals surface area contributed by atoms with E-state index in [9.17, 15) is 34.8 Å². The van der Waals surface area contributed by atoms with Crippen LogP contribution in [-0.2, 0) is 14.3 Å². The van der Waals surface area contributed by atoms with Gasteiger partial charge in [0, 0.05) is 24.6 Å². The normalized spacial score (nSPS) is 32.3. The van der Waals surface area contributed by atoms with Crippen molar-refractivity contribution in [2.24, 2.45) is 0 Å². The Morgan fingerprint density at radius 2 is 1.56 bits per heavy atom. The number of aliphatic hydroxyl groups excluding tert-OH is 2. The molecule has 1 unspecified atom stereocenters. The zero-order valence-corrected chi connectivity index (χ0v) is 23.5. The van der Waals surface area contributed by atoms with Gasteiger partial charge in [0.15, 0.2) is 0 Å². The summed E-state index contributed by atoms with van der Waals surface area (Å²) in [6.07, 6.45) is -3.78. The van der Waals surface area contributed by atoms with Crippen molar-refractivity contribution < 1.29 is 39.5 Å². The van der Waals surface area contributed by atoms with Crippen molar-refractivity contribution in [2.45, 2.75) is 43.2 Å².